The number of hydrogen-bond acceptors (Lipinski definition) is 3. The molecule has 3 aliphatic carbocycles. The topological polar surface area (TPSA) is 35.5 Å². The van der Waals surface area contributed by atoms with Crippen molar-refractivity contribution in [3.8, 4) is 0 Å². The highest BCUT2D eigenvalue weighted by Crippen LogP contribution is 2.60. The van der Waals surface area contributed by atoms with Crippen LogP contribution in [0.5, 0.6) is 0 Å². The van der Waals surface area contributed by atoms with E-state index >= 15 is 0 Å². The van der Waals surface area contributed by atoms with E-state index in [1.807, 2.05) is 6.92 Å². The molecule has 4 rings (SSSR count). The lowest BCUT2D eigenvalue weighted by Gasteiger charge is -2.61. The zero-order valence-electron chi connectivity index (χ0n) is 28.6. The molecule has 0 aromatic carbocycles. The van der Waals surface area contributed by atoms with Gasteiger partial charge in [0.05, 0.1) is 6.10 Å². The van der Waals surface area contributed by atoms with Gasteiger partial charge in [-0.3, -0.25) is 0 Å². The van der Waals surface area contributed by atoms with Gasteiger partial charge in [-0.25, -0.2) is 4.79 Å². The van der Waals surface area contributed by atoms with E-state index in [1.54, 1.807) is 0 Å². The van der Waals surface area contributed by atoms with E-state index in [4.69, 9.17) is 9.47 Å². The Morgan fingerprint density at radius 1 is 0.581 bits per heavy atom. The molecule has 1 saturated heterocycles. The molecule has 3 nitrogen and oxygen atoms in total. The molecule has 1 heterocycles. The van der Waals surface area contributed by atoms with Gasteiger partial charge >= 0.3 is 5.97 Å². The summed E-state index contributed by atoms with van der Waals surface area (Å²) in [6.45, 7) is 6.96. The van der Waals surface area contributed by atoms with Crippen molar-refractivity contribution >= 4 is 5.97 Å². The van der Waals surface area contributed by atoms with Crippen LogP contribution in [-0.2, 0) is 14.3 Å². The standard InChI is InChI=1S/C40H70O3/c1-34(2)38(41)43-40(35-26-18-12-6-3-7-13-19-27-35,36-28-20-14-8-4-9-15-21-29-36)39(37-30-22-25-33-42-37)31-23-16-10-5-11-17-24-32-39/h35-37H,1,3-33H2,2H3. The van der Waals surface area contributed by atoms with E-state index in [0.29, 0.717) is 17.4 Å². The second kappa shape index (κ2) is 19.0. The third kappa shape index (κ3) is 9.59. The van der Waals surface area contributed by atoms with Crippen molar-refractivity contribution in [3.63, 3.8) is 0 Å². The van der Waals surface area contributed by atoms with Crippen LogP contribution in [0, 0.1) is 17.3 Å². The average molecular weight is 599 g/mol. The smallest absolute Gasteiger partial charge is 0.333 e. The molecule has 0 N–H and O–H groups in total. The van der Waals surface area contributed by atoms with Crippen molar-refractivity contribution in [2.75, 3.05) is 6.61 Å². The van der Waals surface area contributed by atoms with E-state index < -0.39 is 5.60 Å². The molecule has 1 unspecified atom stereocenters. The molecular formula is C40H70O3. The zero-order valence-corrected chi connectivity index (χ0v) is 28.6. The summed E-state index contributed by atoms with van der Waals surface area (Å²) in [5, 5.41) is 0. The number of rotatable bonds is 6. The maximum absolute atomic E-state index is 14.2. The van der Waals surface area contributed by atoms with E-state index in [0.717, 1.165) is 13.0 Å². The first-order valence-corrected chi connectivity index (χ1v) is 19.6. The minimum absolute atomic E-state index is 0.0978. The number of carbonyl (C=O) groups excluding carboxylic acids is 1. The van der Waals surface area contributed by atoms with Gasteiger partial charge in [-0.05, 0) is 76.5 Å². The molecule has 1 aliphatic heterocycles. The molecule has 0 bridgehead atoms. The van der Waals surface area contributed by atoms with Crippen LogP contribution in [0.4, 0.5) is 0 Å². The van der Waals surface area contributed by atoms with Crippen LogP contribution in [0.25, 0.3) is 0 Å². The first-order chi connectivity index (χ1) is 21.1. The summed E-state index contributed by atoms with van der Waals surface area (Å²) in [5.41, 5.74) is 0.0332. The van der Waals surface area contributed by atoms with E-state index in [2.05, 4.69) is 6.58 Å². The summed E-state index contributed by atoms with van der Waals surface area (Å²) < 4.78 is 14.5. The molecule has 0 amide bonds. The second-order valence-electron chi connectivity index (χ2n) is 15.4. The van der Waals surface area contributed by atoms with Crippen LogP contribution in [0.15, 0.2) is 12.2 Å². The van der Waals surface area contributed by atoms with E-state index in [9.17, 15) is 4.79 Å². The lowest BCUT2D eigenvalue weighted by Crippen LogP contribution is -2.66. The summed E-state index contributed by atoms with van der Waals surface area (Å²) >= 11 is 0. The molecule has 4 fully saturated rings. The SMILES string of the molecule is C=C(C)C(=O)OC(C1CCCCCCCCC1)(C1CCCCCCCCC1)C1(C2CCCCO2)CCCCCCCCC1. The second-order valence-corrected chi connectivity index (χ2v) is 15.4. The molecule has 3 heteroatoms. The number of carbonyl (C=O) groups is 1. The Morgan fingerprint density at radius 3 is 1.33 bits per heavy atom. The van der Waals surface area contributed by atoms with Gasteiger partial charge in [0.25, 0.3) is 0 Å². The van der Waals surface area contributed by atoms with Crippen molar-refractivity contribution in [1.29, 1.82) is 0 Å². The van der Waals surface area contributed by atoms with Gasteiger partial charge in [0, 0.05) is 17.6 Å². The van der Waals surface area contributed by atoms with Crippen LogP contribution in [0.1, 0.15) is 200 Å². The highest BCUT2D eigenvalue weighted by molar-refractivity contribution is 5.87. The summed E-state index contributed by atoms with van der Waals surface area (Å²) in [6.07, 6.45) is 38.9. The summed E-state index contributed by atoms with van der Waals surface area (Å²) in [4.78, 5) is 14.2. The van der Waals surface area contributed by atoms with Crippen molar-refractivity contribution in [2.45, 2.75) is 211 Å². The lowest BCUT2D eigenvalue weighted by atomic mass is 9.50. The van der Waals surface area contributed by atoms with E-state index in [-0.39, 0.29) is 17.5 Å². The number of esters is 1. The van der Waals surface area contributed by atoms with Crippen LogP contribution in [0.3, 0.4) is 0 Å². The van der Waals surface area contributed by atoms with Gasteiger partial charge in [-0.1, -0.05) is 141 Å². The Morgan fingerprint density at radius 2 is 0.953 bits per heavy atom. The predicted octanol–water partition coefficient (Wildman–Crippen LogP) is 12.2. The van der Waals surface area contributed by atoms with Gasteiger partial charge in [-0.2, -0.15) is 0 Å². The summed E-state index contributed by atoms with van der Waals surface area (Å²) in [5.74, 6) is 0.743. The van der Waals surface area contributed by atoms with Gasteiger partial charge in [0.15, 0.2) is 0 Å². The average Bonchev–Trinajstić information content (AvgIpc) is 3.04. The van der Waals surface area contributed by atoms with Crippen LogP contribution >= 0.6 is 0 Å². The van der Waals surface area contributed by atoms with Crippen molar-refractivity contribution in [2.24, 2.45) is 17.3 Å². The third-order valence-electron chi connectivity index (χ3n) is 12.4. The molecular weight excluding hydrogens is 528 g/mol. The summed E-state index contributed by atoms with van der Waals surface area (Å²) in [7, 11) is 0. The fraction of sp³-hybridized carbons (Fsp3) is 0.925. The molecule has 3 saturated carbocycles. The third-order valence-corrected chi connectivity index (χ3v) is 12.4. The fourth-order valence-corrected chi connectivity index (χ4v) is 10.2. The normalized spacial score (nSPS) is 27.4. The van der Waals surface area contributed by atoms with Gasteiger partial charge in [0.2, 0.25) is 0 Å². The van der Waals surface area contributed by atoms with Crippen molar-refractivity contribution in [3.05, 3.63) is 12.2 Å². The van der Waals surface area contributed by atoms with Crippen molar-refractivity contribution in [1.82, 2.24) is 0 Å². The van der Waals surface area contributed by atoms with Crippen LogP contribution in [0.2, 0.25) is 0 Å². The molecule has 43 heavy (non-hydrogen) atoms. The maximum Gasteiger partial charge on any atom is 0.333 e. The molecule has 248 valence electrons. The first kappa shape index (κ1) is 35.0. The van der Waals surface area contributed by atoms with E-state index in [1.165, 1.54) is 186 Å². The molecule has 4 aliphatic rings. The van der Waals surface area contributed by atoms with Gasteiger partial charge < -0.3 is 9.47 Å². The molecule has 0 aromatic heterocycles. The molecule has 1 atom stereocenters. The highest BCUT2D eigenvalue weighted by atomic mass is 16.6. The Labute approximate surface area is 267 Å². The predicted molar refractivity (Wildman–Crippen MR) is 181 cm³/mol. The Kier molecular flexibility index (Phi) is 15.5. The quantitative estimate of drug-likeness (QED) is 0.225. The zero-order chi connectivity index (χ0) is 30.2. The number of ether oxygens (including phenoxy) is 2. The van der Waals surface area contributed by atoms with Crippen LogP contribution in [-0.4, -0.2) is 24.3 Å². The lowest BCUT2D eigenvalue weighted by molar-refractivity contribution is -0.250. The van der Waals surface area contributed by atoms with Crippen LogP contribution < -0.4 is 0 Å². The molecule has 0 spiro atoms. The molecule has 0 radical (unpaired) electrons. The Hall–Kier alpha value is -0.830. The maximum atomic E-state index is 14.2. The molecule has 0 aromatic rings. The Bertz CT molecular complexity index is 740. The largest absolute Gasteiger partial charge is 0.454 e. The minimum Gasteiger partial charge on any atom is -0.454 e. The van der Waals surface area contributed by atoms with Crippen molar-refractivity contribution < 1.29 is 14.3 Å². The number of hydrogen-bond donors (Lipinski definition) is 0. The van der Waals surface area contributed by atoms with Gasteiger partial charge in [0.1, 0.15) is 5.60 Å². The fourth-order valence-electron chi connectivity index (χ4n) is 10.2. The first-order valence-electron chi connectivity index (χ1n) is 19.6. The van der Waals surface area contributed by atoms with Gasteiger partial charge in [-0.15, -0.1) is 0 Å². The highest BCUT2D eigenvalue weighted by Gasteiger charge is 2.64. The Balaban J connectivity index is 1.92. The monoisotopic (exact) mass is 599 g/mol. The summed E-state index contributed by atoms with van der Waals surface area (Å²) in [6, 6.07) is 0. The minimum atomic E-state index is -0.456.